The number of aliphatic hydroxyl groups excluding tert-OH is 2. The average Bonchev–Trinajstić information content (AvgIpc) is 2.68. The van der Waals surface area contributed by atoms with Crippen molar-refractivity contribution in [3.63, 3.8) is 0 Å². The minimum Gasteiger partial charge on any atom is -0.389 e. The van der Waals surface area contributed by atoms with E-state index in [2.05, 4.69) is 19.2 Å². The molecule has 0 bridgehead atoms. The van der Waals surface area contributed by atoms with Crippen molar-refractivity contribution in [2.24, 2.45) is 0 Å². The number of aliphatic hydroxyl groups is 2. The van der Waals surface area contributed by atoms with E-state index < -0.39 is 12.2 Å². The van der Waals surface area contributed by atoms with E-state index in [4.69, 9.17) is 0 Å². The fourth-order valence-corrected chi connectivity index (χ4v) is 2.33. The van der Waals surface area contributed by atoms with Gasteiger partial charge in [0.15, 0.2) is 0 Å². The van der Waals surface area contributed by atoms with Crippen LogP contribution in [0, 0.1) is 0 Å². The second kappa shape index (κ2) is 6.35. The van der Waals surface area contributed by atoms with E-state index in [1.54, 1.807) is 4.90 Å². The lowest BCUT2D eigenvalue weighted by atomic mass is 10.0. The molecular weight excluding hydrogens is 256 g/mol. The molecule has 1 aliphatic rings. The van der Waals surface area contributed by atoms with E-state index in [1.807, 2.05) is 24.3 Å². The first-order chi connectivity index (χ1) is 9.45. The quantitative estimate of drug-likeness (QED) is 0.761. The number of hydrogen-bond donors (Lipinski definition) is 3. The zero-order valence-corrected chi connectivity index (χ0v) is 11.9. The maximum Gasteiger partial charge on any atom is 0.238 e. The second-order valence-corrected chi connectivity index (χ2v) is 5.65. The molecule has 1 aliphatic heterocycles. The van der Waals surface area contributed by atoms with E-state index in [9.17, 15) is 15.0 Å². The molecule has 0 aliphatic carbocycles. The topological polar surface area (TPSA) is 72.8 Å². The number of likely N-dealkylation sites (tertiary alicyclic amines) is 1. The summed E-state index contributed by atoms with van der Waals surface area (Å²) in [7, 11) is 0. The lowest BCUT2D eigenvalue weighted by Gasteiger charge is -2.14. The van der Waals surface area contributed by atoms with Gasteiger partial charge in [0.2, 0.25) is 5.91 Å². The summed E-state index contributed by atoms with van der Waals surface area (Å²) in [5.74, 6) is 0.330. The van der Waals surface area contributed by atoms with Crippen LogP contribution < -0.4 is 5.32 Å². The minimum atomic E-state index is -0.756. The summed E-state index contributed by atoms with van der Waals surface area (Å²) in [5, 5.41) is 21.7. The Morgan fingerprint density at radius 2 is 1.80 bits per heavy atom. The maximum atomic E-state index is 11.9. The van der Waals surface area contributed by atoms with Gasteiger partial charge in [-0.2, -0.15) is 0 Å². The van der Waals surface area contributed by atoms with E-state index in [0.717, 1.165) is 5.69 Å². The van der Waals surface area contributed by atoms with Gasteiger partial charge in [-0.3, -0.25) is 9.69 Å². The summed E-state index contributed by atoms with van der Waals surface area (Å²) in [5.41, 5.74) is 1.99. The smallest absolute Gasteiger partial charge is 0.238 e. The highest BCUT2D eigenvalue weighted by molar-refractivity contribution is 5.92. The van der Waals surface area contributed by atoms with Crippen LogP contribution in [-0.4, -0.2) is 52.9 Å². The monoisotopic (exact) mass is 278 g/mol. The lowest BCUT2D eigenvalue weighted by molar-refractivity contribution is -0.117. The van der Waals surface area contributed by atoms with Crippen LogP contribution in [0.1, 0.15) is 25.3 Å². The van der Waals surface area contributed by atoms with Crippen molar-refractivity contribution < 1.29 is 15.0 Å². The number of hydrogen-bond acceptors (Lipinski definition) is 4. The number of rotatable bonds is 4. The van der Waals surface area contributed by atoms with Gasteiger partial charge in [0.25, 0.3) is 0 Å². The highest BCUT2D eigenvalue weighted by atomic mass is 16.3. The van der Waals surface area contributed by atoms with E-state index in [1.165, 1.54) is 5.56 Å². The normalized spacial score (nSPS) is 23.2. The molecular formula is C15H22N2O3. The highest BCUT2D eigenvalue weighted by Gasteiger charge is 2.30. The predicted octanol–water partition coefficient (Wildman–Crippen LogP) is 0.786. The molecule has 1 amide bonds. The number of nitrogens with zero attached hydrogens (tertiary/aromatic N) is 1. The molecule has 5 heteroatoms. The van der Waals surface area contributed by atoms with E-state index in [0.29, 0.717) is 19.0 Å². The van der Waals surface area contributed by atoms with Crippen molar-refractivity contribution in [2.75, 3.05) is 25.0 Å². The fraction of sp³-hybridized carbons (Fsp3) is 0.533. The third-order valence-corrected chi connectivity index (χ3v) is 3.56. The second-order valence-electron chi connectivity index (χ2n) is 5.65. The standard InChI is InChI=1S/C15H22N2O3/c1-10(2)11-3-5-12(6-4-11)16-15(20)9-17-7-13(18)14(19)8-17/h3-6,10,13-14,18-19H,7-9H2,1-2H3,(H,16,20)/t13-,14+. The fourth-order valence-electron chi connectivity index (χ4n) is 2.33. The van der Waals surface area contributed by atoms with Crippen LogP contribution >= 0.6 is 0 Å². The van der Waals surface area contributed by atoms with Gasteiger partial charge < -0.3 is 15.5 Å². The number of anilines is 1. The first kappa shape index (κ1) is 15.0. The molecule has 3 N–H and O–H groups in total. The van der Waals surface area contributed by atoms with Crippen molar-refractivity contribution in [2.45, 2.75) is 32.0 Å². The molecule has 110 valence electrons. The van der Waals surface area contributed by atoms with Crippen LogP contribution in [0.2, 0.25) is 0 Å². The summed E-state index contributed by atoms with van der Waals surface area (Å²) in [4.78, 5) is 13.6. The molecule has 0 spiro atoms. The predicted molar refractivity (Wildman–Crippen MR) is 77.6 cm³/mol. The van der Waals surface area contributed by atoms with Crippen LogP contribution in [-0.2, 0) is 4.79 Å². The Morgan fingerprint density at radius 1 is 1.25 bits per heavy atom. The van der Waals surface area contributed by atoms with Crippen molar-refractivity contribution >= 4 is 11.6 Å². The van der Waals surface area contributed by atoms with Crippen molar-refractivity contribution in [1.82, 2.24) is 4.90 Å². The number of β-amino-alcohol motifs (C(OH)–C–C–N with tert-alkyl or cyclic N) is 2. The van der Waals surface area contributed by atoms with Gasteiger partial charge in [-0.15, -0.1) is 0 Å². The van der Waals surface area contributed by atoms with Gasteiger partial charge in [0, 0.05) is 18.8 Å². The molecule has 20 heavy (non-hydrogen) atoms. The third kappa shape index (κ3) is 3.79. The summed E-state index contributed by atoms with van der Waals surface area (Å²) >= 11 is 0. The van der Waals surface area contributed by atoms with Crippen molar-refractivity contribution in [3.8, 4) is 0 Å². The van der Waals surface area contributed by atoms with Crippen LogP contribution in [0.5, 0.6) is 0 Å². The van der Waals surface area contributed by atoms with Crippen LogP contribution in [0.4, 0.5) is 5.69 Å². The first-order valence-electron chi connectivity index (χ1n) is 6.94. The van der Waals surface area contributed by atoms with Gasteiger partial charge in [-0.1, -0.05) is 26.0 Å². The third-order valence-electron chi connectivity index (χ3n) is 3.56. The Balaban J connectivity index is 1.85. The van der Waals surface area contributed by atoms with Gasteiger partial charge >= 0.3 is 0 Å². The first-order valence-corrected chi connectivity index (χ1v) is 6.94. The van der Waals surface area contributed by atoms with Gasteiger partial charge in [-0.25, -0.2) is 0 Å². The molecule has 1 aromatic carbocycles. The number of carbonyl (C=O) groups excluding carboxylic acids is 1. The largest absolute Gasteiger partial charge is 0.389 e. The Morgan fingerprint density at radius 3 is 2.30 bits per heavy atom. The van der Waals surface area contributed by atoms with E-state index in [-0.39, 0.29) is 12.5 Å². The SMILES string of the molecule is CC(C)c1ccc(NC(=O)CN2C[C@@H](O)[C@@H](O)C2)cc1. The molecule has 1 heterocycles. The molecule has 1 fully saturated rings. The molecule has 2 rings (SSSR count). The number of amides is 1. The summed E-state index contributed by atoms with van der Waals surface area (Å²) in [6.45, 7) is 5.09. The van der Waals surface area contributed by atoms with Gasteiger partial charge in [0.1, 0.15) is 0 Å². The molecule has 1 aromatic rings. The van der Waals surface area contributed by atoms with Crippen LogP contribution in [0.25, 0.3) is 0 Å². The molecule has 0 saturated carbocycles. The molecule has 1 saturated heterocycles. The summed E-state index contributed by atoms with van der Waals surface area (Å²) in [6, 6.07) is 7.79. The Hall–Kier alpha value is -1.43. The summed E-state index contributed by atoms with van der Waals surface area (Å²) in [6.07, 6.45) is -1.51. The number of carbonyl (C=O) groups is 1. The molecule has 0 radical (unpaired) electrons. The van der Waals surface area contributed by atoms with Crippen molar-refractivity contribution in [1.29, 1.82) is 0 Å². The number of benzene rings is 1. The van der Waals surface area contributed by atoms with Crippen LogP contribution in [0.15, 0.2) is 24.3 Å². The van der Waals surface area contributed by atoms with Gasteiger partial charge in [-0.05, 0) is 23.6 Å². The molecule has 2 atom stereocenters. The van der Waals surface area contributed by atoms with Gasteiger partial charge in [0.05, 0.1) is 18.8 Å². The molecule has 5 nitrogen and oxygen atoms in total. The highest BCUT2D eigenvalue weighted by Crippen LogP contribution is 2.17. The lowest BCUT2D eigenvalue weighted by Crippen LogP contribution is -2.32. The van der Waals surface area contributed by atoms with Crippen LogP contribution in [0.3, 0.4) is 0 Å². The zero-order chi connectivity index (χ0) is 14.7. The Kier molecular flexibility index (Phi) is 4.75. The molecule has 0 unspecified atom stereocenters. The zero-order valence-electron chi connectivity index (χ0n) is 11.9. The van der Waals surface area contributed by atoms with E-state index >= 15 is 0 Å². The molecule has 0 aromatic heterocycles. The average molecular weight is 278 g/mol. The maximum absolute atomic E-state index is 11.9. The minimum absolute atomic E-state index is 0.136. The van der Waals surface area contributed by atoms with Crippen molar-refractivity contribution in [3.05, 3.63) is 29.8 Å². The number of nitrogens with one attached hydrogen (secondary N) is 1. The summed E-state index contributed by atoms with van der Waals surface area (Å²) < 4.78 is 0. The Labute approximate surface area is 119 Å². The Bertz CT molecular complexity index is 449.